The van der Waals surface area contributed by atoms with Crippen molar-refractivity contribution >= 4 is 5.97 Å². The van der Waals surface area contributed by atoms with Crippen molar-refractivity contribution in [1.29, 1.82) is 0 Å². The maximum Gasteiger partial charge on any atom is 0.311 e. The molecule has 94 valence electrons. The van der Waals surface area contributed by atoms with Crippen LogP contribution in [0.15, 0.2) is 0 Å². The third-order valence-electron chi connectivity index (χ3n) is 1.96. The van der Waals surface area contributed by atoms with E-state index < -0.39 is 22.5 Å². The van der Waals surface area contributed by atoms with E-state index in [4.69, 9.17) is 4.74 Å². The first kappa shape index (κ1) is 14.8. The molecule has 0 radical (unpaired) electrons. The molecule has 1 N–H and O–H groups in total. The van der Waals surface area contributed by atoms with E-state index in [1.54, 1.807) is 20.8 Å². The third kappa shape index (κ3) is 6.34. The Labute approximate surface area is 94.7 Å². The summed E-state index contributed by atoms with van der Waals surface area (Å²) in [6.07, 6.45) is 0.0514. The molecule has 16 heavy (non-hydrogen) atoms. The molecule has 0 aromatic heterocycles. The number of aliphatic hydroxyl groups is 1. The summed E-state index contributed by atoms with van der Waals surface area (Å²) in [5.41, 5.74) is -2.05. The molecular weight excluding hydrogens is 214 g/mol. The monoisotopic (exact) mass is 233 g/mol. The molecule has 0 saturated carbocycles. The predicted octanol–water partition coefficient (Wildman–Crippen LogP) is 0.993. The number of hydrogen-bond donors (Lipinski definition) is 1. The van der Waals surface area contributed by atoms with Crippen LogP contribution in [0.1, 0.15) is 34.1 Å². The van der Waals surface area contributed by atoms with Gasteiger partial charge in [0.1, 0.15) is 5.60 Å². The molecule has 1 atom stereocenters. The number of hydrogen-bond acceptors (Lipinski definition) is 5. The quantitative estimate of drug-likeness (QED) is 0.434. The Morgan fingerprint density at radius 3 is 2.25 bits per heavy atom. The summed E-state index contributed by atoms with van der Waals surface area (Å²) < 4.78 is 4.90. The molecule has 1 unspecified atom stereocenters. The summed E-state index contributed by atoms with van der Waals surface area (Å²) in [7, 11) is 0. The average molecular weight is 233 g/mol. The first-order valence-corrected chi connectivity index (χ1v) is 5.06. The minimum atomic E-state index is -1.44. The summed E-state index contributed by atoms with van der Waals surface area (Å²) in [5, 5.41) is 19.8. The van der Waals surface area contributed by atoms with E-state index in [1.165, 1.54) is 6.92 Å². The van der Waals surface area contributed by atoms with Crippen LogP contribution in [0, 0.1) is 15.5 Å². The largest absolute Gasteiger partial charge is 0.465 e. The topological polar surface area (TPSA) is 89.7 Å². The Bertz CT molecular complexity index is 267. The highest BCUT2D eigenvalue weighted by atomic mass is 16.6. The van der Waals surface area contributed by atoms with Gasteiger partial charge in [-0.15, -0.1) is 0 Å². The molecule has 0 aliphatic carbocycles. The van der Waals surface area contributed by atoms with Crippen LogP contribution >= 0.6 is 0 Å². The van der Waals surface area contributed by atoms with Crippen LogP contribution in [0.25, 0.3) is 0 Å². The second kappa shape index (κ2) is 5.25. The number of carbonyl (C=O) groups is 1. The fourth-order valence-corrected chi connectivity index (χ4v) is 0.937. The van der Waals surface area contributed by atoms with E-state index >= 15 is 0 Å². The van der Waals surface area contributed by atoms with Gasteiger partial charge in [-0.3, -0.25) is 14.9 Å². The van der Waals surface area contributed by atoms with Gasteiger partial charge in [-0.25, -0.2) is 0 Å². The Hall–Kier alpha value is -1.17. The first-order valence-electron chi connectivity index (χ1n) is 5.06. The fourth-order valence-electron chi connectivity index (χ4n) is 0.937. The summed E-state index contributed by atoms with van der Waals surface area (Å²) in [6.45, 7) is 5.91. The minimum absolute atomic E-state index is 0.0169. The Morgan fingerprint density at radius 1 is 1.38 bits per heavy atom. The maximum atomic E-state index is 11.3. The Kier molecular flexibility index (Phi) is 4.86. The lowest BCUT2D eigenvalue weighted by Crippen LogP contribution is -2.35. The predicted molar refractivity (Wildman–Crippen MR) is 57.5 cm³/mol. The van der Waals surface area contributed by atoms with Crippen molar-refractivity contribution in [2.75, 3.05) is 13.2 Å². The van der Waals surface area contributed by atoms with Crippen LogP contribution in [0.4, 0.5) is 0 Å². The van der Waals surface area contributed by atoms with E-state index in [9.17, 15) is 20.0 Å². The zero-order valence-electron chi connectivity index (χ0n) is 10.1. The van der Waals surface area contributed by atoms with Crippen molar-refractivity contribution < 1.29 is 19.6 Å². The number of carbonyl (C=O) groups excluding carboxylic acids is 1. The van der Waals surface area contributed by atoms with Gasteiger partial charge in [0.15, 0.2) is 0 Å². The van der Waals surface area contributed by atoms with Crippen LogP contribution in [0.3, 0.4) is 0 Å². The Morgan fingerprint density at radius 2 is 1.88 bits per heavy atom. The van der Waals surface area contributed by atoms with Gasteiger partial charge in [0.2, 0.25) is 6.54 Å². The zero-order chi connectivity index (χ0) is 13.0. The van der Waals surface area contributed by atoms with Gasteiger partial charge in [0.05, 0.1) is 12.0 Å². The van der Waals surface area contributed by atoms with Gasteiger partial charge < -0.3 is 9.84 Å². The minimum Gasteiger partial charge on any atom is -0.465 e. The highest BCUT2D eigenvalue weighted by Gasteiger charge is 2.29. The Balaban J connectivity index is 3.99. The lowest BCUT2D eigenvalue weighted by Gasteiger charge is -2.20. The molecule has 0 rings (SSSR count). The molecule has 0 aliphatic heterocycles. The molecule has 0 saturated heterocycles. The highest BCUT2D eigenvalue weighted by molar-refractivity contribution is 5.75. The maximum absolute atomic E-state index is 11.3. The van der Waals surface area contributed by atoms with Crippen molar-refractivity contribution in [2.45, 2.75) is 39.7 Å². The van der Waals surface area contributed by atoms with Crippen LogP contribution < -0.4 is 0 Å². The standard InChI is InChI=1S/C10H19NO5/c1-9(2,3)8(12)16-6-5-10(4,13)7-11(14)15/h13H,5-7H2,1-4H3. The summed E-state index contributed by atoms with van der Waals surface area (Å²) in [6, 6.07) is 0. The van der Waals surface area contributed by atoms with Gasteiger partial charge in [0.25, 0.3) is 0 Å². The average Bonchev–Trinajstić information content (AvgIpc) is 1.98. The second-order valence-electron chi connectivity index (χ2n) is 5.12. The molecular formula is C10H19NO5. The molecule has 0 fully saturated rings. The molecule has 0 aromatic carbocycles. The van der Waals surface area contributed by atoms with Crippen LogP contribution in [0.2, 0.25) is 0 Å². The van der Waals surface area contributed by atoms with Crippen LogP contribution in [0.5, 0.6) is 0 Å². The molecule has 0 aliphatic rings. The molecule has 0 aromatic rings. The van der Waals surface area contributed by atoms with Crippen molar-refractivity contribution in [3.8, 4) is 0 Å². The van der Waals surface area contributed by atoms with Gasteiger partial charge >= 0.3 is 5.97 Å². The van der Waals surface area contributed by atoms with E-state index in [2.05, 4.69) is 0 Å². The third-order valence-corrected chi connectivity index (χ3v) is 1.96. The molecule has 0 heterocycles. The molecule has 6 heteroatoms. The fraction of sp³-hybridized carbons (Fsp3) is 0.900. The number of esters is 1. The molecule has 6 nitrogen and oxygen atoms in total. The number of nitro groups is 1. The molecule has 0 amide bonds. The van der Waals surface area contributed by atoms with Crippen molar-refractivity contribution in [1.82, 2.24) is 0 Å². The van der Waals surface area contributed by atoms with Crippen molar-refractivity contribution in [3.05, 3.63) is 10.1 Å². The van der Waals surface area contributed by atoms with Crippen LogP contribution in [-0.2, 0) is 9.53 Å². The normalized spacial score (nSPS) is 15.3. The lowest BCUT2D eigenvalue weighted by molar-refractivity contribution is -0.500. The first-order chi connectivity index (χ1) is 7.04. The SMILES string of the molecule is CC(O)(CCOC(=O)C(C)(C)C)C[N+](=O)[O-]. The van der Waals surface area contributed by atoms with Crippen molar-refractivity contribution in [2.24, 2.45) is 5.41 Å². The van der Waals surface area contributed by atoms with Crippen molar-refractivity contribution in [3.63, 3.8) is 0 Å². The van der Waals surface area contributed by atoms with Gasteiger partial charge in [0, 0.05) is 11.3 Å². The second-order valence-corrected chi connectivity index (χ2v) is 5.12. The summed E-state index contributed by atoms with van der Waals surface area (Å²) in [5.74, 6) is -0.385. The lowest BCUT2D eigenvalue weighted by atomic mass is 9.97. The summed E-state index contributed by atoms with van der Waals surface area (Å²) in [4.78, 5) is 21.0. The van der Waals surface area contributed by atoms with Gasteiger partial charge in [-0.05, 0) is 27.7 Å². The number of ether oxygens (including phenoxy) is 1. The smallest absolute Gasteiger partial charge is 0.311 e. The van der Waals surface area contributed by atoms with E-state index in [0.29, 0.717) is 0 Å². The van der Waals surface area contributed by atoms with E-state index in [-0.39, 0.29) is 19.0 Å². The van der Waals surface area contributed by atoms with Crippen LogP contribution in [-0.4, -0.2) is 34.8 Å². The highest BCUT2D eigenvalue weighted by Crippen LogP contribution is 2.16. The van der Waals surface area contributed by atoms with E-state index in [1.807, 2.05) is 0 Å². The molecule has 0 spiro atoms. The molecule has 0 bridgehead atoms. The summed E-state index contributed by atoms with van der Waals surface area (Å²) >= 11 is 0. The number of nitrogens with zero attached hydrogens (tertiary/aromatic N) is 1. The van der Waals surface area contributed by atoms with Gasteiger partial charge in [-0.1, -0.05) is 0 Å². The van der Waals surface area contributed by atoms with Gasteiger partial charge in [-0.2, -0.15) is 0 Å². The van der Waals surface area contributed by atoms with E-state index in [0.717, 1.165) is 0 Å². The number of rotatable bonds is 5. The zero-order valence-corrected chi connectivity index (χ0v) is 10.1.